The average molecular weight is 407 g/mol. The Bertz CT molecular complexity index is 928. The first-order valence-corrected chi connectivity index (χ1v) is 11.0. The molecule has 1 aromatic heterocycles. The van der Waals surface area contributed by atoms with Crippen molar-refractivity contribution in [2.75, 3.05) is 51.2 Å². The molecule has 1 fully saturated rings. The van der Waals surface area contributed by atoms with Crippen LogP contribution in [0.15, 0.2) is 54.6 Å². The fourth-order valence-electron chi connectivity index (χ4n) is 4.22. The van der Waals surface area contributed by atoms with Crippen molar-refractivity contribution in [3.63, 3.8) is 0 Å². The van der Waals surface area contributed by atoms with E-state index in [1.54, 1.807) is 12.1 Å². The number of halogens is 1. The van der Waals surface area contributed by atoms with Crippen molar-refractivity contribution in [3.05, 3.63) is 71.7 Å². The van der Waals surface area contributed by atoms with Crippen LogP contribution in [0.1, 0.15) is 31.0 Å². The minimum atomic E-state index is -0.136. The van der Waals surface area contributed by atoms with Gasteiger partial charge in [-0.1, -0.05) is 43.3 Å². The first-order chi connectivity index (χ1) is 14.7. The summed E-state index contributed by atoms with van der Waals surface area (Å²) in [5, 5.41) is 0. The highest BCUT2D eigenvalue weighted by Crippen LogP contribution is 2.29. The lowest BCUT2D eigenvalue weighted by atomic mass is 9.98. The van der Waals surface area contributed by atoms with Crippen LogP contribution in [0.25, 0.3) is 11.3 Å². The standard InChI is InChI=1S/C25H31FN4/c1-3-7-24(23-10-6-11-25(27-23)30-18-16-28(2)17-19-30)29-14-12-20(13-15-29)21-8-4-5-9-22(21)26/h4-12H,3,13-19H2,1-2H3. The molecule has 2 aliphatic heterocycles. The molecule has 0 bridgehead atoms. The van der Waals surface area contributed by atoms with Crippen LogP contribution in [0, 0.1) is 5.82 Å². The Morgan fingerprint density at radius 2 is 1.83 bits per heavy atom. The lowest BCUT2D eigenvalue weighted by Crippen LogP contribution is -2.44. The summed E-state index contributed by atoms with van der Waals surface area (Å²) in [7, 11) is 2.17. The van der Waals surface area contributed by atoms with Gasteiger partial charge in [-0.15, -0.1) is 0 Å². The van der Waals surface area contributed by atoms with Gasteiger partial charge in [0.1, 0.15) is 11.6 Å². The van der Waals surface area contributed by atoms with Crippen LogP contribution in [0.5, 0.6) is 0 Å². The number of anilines is 1. The molecule has 2 aliphatic rings. The molecule has 5 heteroatoms. The molecule has 3 heterocycles. The molecule has 0 radical (unpaired) electrons. The molecule has 2 aromatic rings. The van der Waals surface area contributed by atoms with Crippen LogP contribution in [0.4, 0.5) is 10.2 Å². The smallest absolute Gasteiger partial charge is 0.130 e. The van der Waals surface area contributed by atoms with Crippen LogP contribution < -0.4 is 4.90 Å². The zero-order chi connectivity index (χ0) is 20.9. The van der Waals surface area contributed by atoms with Gasteiger partial charge in [-0.05, 0) is 43.7 Å². The van der Waals surface area contributed by atoms with E-state index in [1.807, 2.05) is 12.1 Å². The number of piperazine rings is 1. The van der Waals surface area contributed by atoms with Gasteiger partial charge in [0.2, 0.25) is 0 Å². The predicted octanol–water partition coefficient (Wildman–Crippen LogP) is 4.51. The number of hydrogen-bond donors (Lipinski definition) is 0. The maximum absolute atomic E-state index is 14.2. The van der Waals surface area contributed by atoms with Crippen molar-refractivity contribution in [2.45, 2.75) is 19.8 Å². The molecule has 1 saturated heterocycles. The molecule has 4 nitrogen and oxygen atoms in total. The summed E-state index contributed by atoms with van der Waals surface area (Å²) in [6, 6.07) is 13.4. The van der Waals surface area contributed by atoms with Crippen LogP contribution in [-0.4, -0.2) is 61.1 Å². The number of nitrogens with zero attached hydrogens (tertiary/aromatic N) is 4. The van der Waals surface area contributed by atoms with E-state index in [0.29, 0.717) is 0 Å². The summed E-state index contributed by atoms with van der Waals surface area (Å²) in [5.41, 5.74) is 4.03. The second kappa shape index (κ2) is 9.43. The Morgan fingerprint density at radius 1 is 1.03 bits per heavy atom. The second-order valence-electron chi connectivity index (χ2n) is 8.07. The number of rotatable bonds is 5. The van der Waals surface area contributed by atoms with Crippen LogP contribution >= 0.6 is 0 Å². The third-order valence-electron chi connectivity index (χ3n) is 5.99. The number of likely N-dealkylation sites (N-methyl/N-ethyl adjacent to an activating group) is 1. The number of aromatic nitrogens is 1. The van der Waals surface area contributed by atoms with Gasteiger partial charge in [0.15, 0.2) is 0 Å². The Kier molecular flexibility index (Phi) is 6.48. The van der Waals surface area contributed by atoms with Crippen LogP contribution in [0.2, 0.25) is 0 Å². The molecule has 1 aromatic carbocycles. The molecule has 158 valence electrons. The van der Waals surface area contributed by atoms with Crippen molar-refractivity contribution in [1.82, 2.24) is 14.8 Å². The molecule has 0 aliphatic carbocycles. The predicted molar refractivity (Wildman–Crippen MR) is 123 cm³/mol. The monoisotopic (exact) mass is 406 g/mol. The van der Waals surface area contributed by atoms with E-state index in [0.717, 1.165) is 74.8 Å². The molecule has 0 atom stereocenters. The second-order valence-corrected chi connectivity index (χ2v) is 8.07. The molecule has 30 heavy (non-hydrogen) atoms. The number of pyridine rings is 1. The summed E-state index contributed by atoms with van der Waals surface area (Å²) in [5.74, 6) is 0.922. The molecule has 4 rings (SSSR count). The van der Waals surface area contributed by atoms with E-state index in [4.69, 9.17) is 4.98 Å². The Hall–Kier alpha value is -2.66. The number of benzene rings is 1. The zero-order valence-corrected chi connectivity index (χ0v) is 18.0. The van der Waals surface area contributed by atoms with Gasteiger partial charge in [0.05, 0.1) is 11.4 Å². The quantitative estimate of drug-likeness (QED) is 0.728. The maximum Gasteiger partial charge on any atom is 0.130 e. The van der Waals surface area contributed by atoms with Crippen LogP contribution in [0.3, 0.4) is 0 Å². The normalized spacial score (nSPS) is 18.5. The molecule has 0 unspecified atom stereocenters. The Morgan fingerprint density at radius 3 is 2.53 bits per heavy atom. The summed E-state index contributed by atoms with van der Waals surface area (Å²) in [4.78, 5) is 12.1. The van der Waals surface area contributed by atoms with Gasteiger partial charge in [-0.2, -0.15) is 0 Å². The molecular weight excluding hydrogens is 375 g/mol. The number of hydrogen-bond acceptors (Lipinski definition) is 4. The summed E-state index contributed by atoms with van der Waals surface area (Å²) in [6.07, 6.45) is 6.21. The summed E-state index contributed by atoms with van der Waals surface area (Å²) >= 11 is 0. The molecule has 0 saturated carbocycles. The highest BCUT2D eigenvalue weighted by Gasteiger charge is 2.20. The highest BCUT2D eigenvalue weighted by molar-refractivity contribution is 5.69. The first-order valence-electron chi connectivity index (χ1n) is 11.0. The lowest BCUT2D eigenvalue weighted by Gasteiger charge is -2.34. The molecule has 0 N–H and O–H groups in total. The van der Waals surface area contributed by atoms with Gasteiger partial charge in [0, 0.05) is 44.8 Å². The first kappa shape index (κ1) is 20.6. The van der Waals surface area contributed by atoms with Crippen LogP contribution in [-0.2, 0) is 0 Å². The molecule has 0 spiro atoms. The zero-order valence-electron chi connectivity index (χ0n) is 18.0. The molecule has 0 amide bonds. The third kappa shape index (κ3) is 4.57. The summed E-state index contributed by atoms with van der Waals surface area (Å²) in [6.45, 7) is 7.96. The van der Waals surface area contributed by atoms with Crippen molar-refractivity contribution >= 4 is 17.1 Å². The molecular formula is C25H31FN4. The highest BCUT2D eigenvalue weighted by atomic mass is 19.1. The SMILES string of the molecule is CCC=C(c1cccc(N2CCN(C)CC2)n1)N1CC=C(c2ccccc2F)CC1. The summed E-state index contributed by atoms with van der Waals surface area (Å²) < 4.78 is 14.2. The van der Waals surface area contributed by atoms with Gasteiger partial charge >= 0.3 is 0 Å². The third-order valence-corrected chi connectivity index (χ3v) is 5.99. The van der Waals surface area contributed by atoms with Crippen molar-refractivity contribution < 1.29 is 4.39 Å². The minimum absolute atomic E-state index is 0.136. The van der Waals surface area contributed by atoms with Crippen molar-refractivity contribution in [2.24, 2.45) is 0 Å². The van der Waals surface area contributed by atoms with E-state index in [1.165, 1.54) is 5.70 Å². The minimum Gasteiger partial charge on any atom is -0.366 e. The van der Waals surface area contributed by atoms with Gasteiger partial charge in [-0.3, -0.25) is 0 Å². The Labute approximate surface area is 179 Å². The van der Waals surface area contributed by atoms with Crippen molar-refractivity contribution in [1.29, 1.82) is 0 Å². The Balaban J connectivity index is 1.53. The van der Waals surface area contributed by atoms with Gasteiger partial charge in [-0.25, -0.2) is 9.37 Å². The van der Waals surface area contributed by atoms with E-state index in [2.05, 4.69) is 59.0 Å². The van der Waals surface area contributed by atoms with Gasteiger partial charge in [0.25, 0.3) is 0 Å². The van der Waals surface area contributed by atoms with Crippen molar-refractivity contribution in [3.8, 4) is 0 Å². The average Bonchev–Trinajstić information content (AvgIpc) is 2.79. The lowest BCUT2D eigenvalue weighted by molar-refractivity contribution is 0.312. The van der Waals surface area contributed by atoms with E-state index >= 15 is 0 Å². The van der Waals surface area contributed by atoms with Gasteiger partial charge < -0.3 is 14.7 Å². The fourth-order valence-corrected chi connectivity index (χ4v) is 4.22. The topological polar surface area (TPSA) is 22.6 Å². The van der Waals surface area contributed by atoms with E-state index in [9.17, 15) is 4.39 Å². The largest absolute Gasteiger partial charge is 0.366 e. The van der Waals surface area contributed by atoms with E-state index in [-0.39, 0.29) is 5.82 Å². The maximum atomic E-state index is 14.2. The van der Waals surface area contributed by atoms with E-state index < -0.39 is 0 Å². The fraction of sp³-hybridized carbons (Fsp3) is 0.400. The number of allylic oxidation sites excluding steroid dienone is 1.